The van der Waals surface area contributed by atoms with Crippen LogP contribution in [0.1, 0.15) is 12.8 Å². The van der Waals surface area contributed by atoms with Crippen molar-refractivity contribution in [2.45, 2.75) is 12.8 Å². The van der Waals surface area contributed by atoms with E-state index in [9.17, 15) is 5.11 Å². The first-order chi connectivity index (χ1) is 8.63. The number of imidazole rings is 1. The fraction of sp³-hybridized carbons (Fsp3) is 0.444. The van der Waals surface area contributed by atoms with Gasteiger partial charge in [-0.25, -0.2) is 4.98 Å². The van der Waals surface area contributed by atoms with Crippen LogP contribution in [0.3, 0.4) is 0 Å². The fourth-order valence-corrected chi connectivity index (χ4v) is 1.45. The van der Waals surface area contributed by atoms with E-state index in [1.165, 1.54) is 10.9 Å². The third kappa shape index (κ3) is 3.06. The number of aromatic nitrogens is 4. The molecule has 0 aromatic carbocycles. The Hall–Kier alpha value is -2.01. The molecule has 19 heavy (non-hydrogen) atoms. The number of rotatable bonds is 5. The summed E-state index contributed by atoms with van der Waals surface area (Å²) < 4.78 is 6.37. The molecule has 0 spiro atoms. The largest absolute Gasteiger partial charge is 0.396 e. The number of ether oxygens (including phenoxy) is 1. The van der Waals surface area contributed by atoms with Crippen molar-refractivity contribution >= 4 is 22.9 Å². The van der Waals surface area contributed by atoms with Crippen LogP contribution in [0.15, 0.2) is 6.33 Å². The lowest BCUT2D eigenvalue weighted by molar-refractivity contribution is -0.152. The monoisotopic (exact) mass is 271 g/mol. The van der Waals surface area contributed by atoms with E-state index in [4.69, 9.17) is 21.3 Å². The molecule has 2 aromatic heterocycles. The van der Waals surface area contributed by atoms with Gasteiger partial charge in [0, 0.05) is 6.61 Å². The summed E-state index contributed by atoms with van der Waals surface area (Å²) >= 11 is 0. The Morgan fingerprint density at radius 1 is 1.37 bits per heavy atom. The molecule has 2 heterocycles. The Bertz CT molecular complexity index is 544. The number of hydrogen-bond acceptors (Lipinski definition) is 9. The topological polar surface area (TPSA) is 180 Å². The van der Waals surface area contributed by atoms with Crippen LogP contribution in [0.4, 0.5) is 11.8 Å². The maximum Gasteiger partial charge on any atom is 0.244 e. The maximum atomic E-state index is 9.79. The van der Waals surface area contributed by atoms with Crippen molar-refractivity contribution in [2.24, 2.45) is 0 Å². The van der Waals surface area contributed by atoms with E-state index in [0.29, 0.717) is 11.9 Å². The van der Waals surface area contributed by atoms with Gasteiger partial charge in [-0.15, -0.1) is 0 Å². The van der Waals surface area contributed by atoms with Crippen LogP contribution in [0.25, 0.3) is 11.2 Å². The van der Waals surface area contributed by atoms with Crippen molar-refractivity contribution in [3.63, 3.8) is 0 Å². The zero-order valence-electron chi connectivity index (χ0n) is 10.2. The zero-order valence-corrected chi connectivity index (χ0v) is 10.2. The lowest BCUT2D eigenvalue weighted by Crippen LogP contribution is -2.14. The molecular formula is C9H17N7O3. The first-order valence-corrected chi connectivity index (χ1v) is 5.29. The minimum absolute atomic E-state index is 0. The summed E-state index contributed by atoms with van der Waals surface area (Å²) in [7, 11) is 0. The molecule has 0 aliphatic carbocycles. The van der Waals surface area contributed by atoms with Gasteiger partial charge in [0.05, 0.1) is 6.61 Å². The van der Waals surface area contributed by atoms with Gasteiger partial charge in [0.25, 0.3) is 0 Å². The Balaban J connectivity index is 0.00000180. The predicted octanol–water partition coefficient (Wildman–Crippen LogP) is -1.000. The van der Waals surface area contributed by atoms with E-state index < -0.39 is 6.41 Å². The summed E-state index contributed by atoms with van der Waals surface area (Å²) in [4.78, 5) is 11.7. The molecule has 2 aromatic rings. The molecule has 0 saturated heterocycles. The number of aliphatic hydroxyl groups is 2. The molecule has 106 valence electrons. The van der Waals surface area contributed by atoms with Crippen molar-refractivity contribution in [1.82, 2.24) is 25.7 Å². The van der Waals surface area contributed by atoms with Gasteiger partial charge in [-0.05, 0) is 6.42 Å². The highest BCUT2D eigenvalue weighted by atomic mass is 16.6. The number of aliphatic hydroxyl groups excluding tert-OH is 2. The molecule has 0 aliphatic heterocycles. The van der Waals surface area contributed by atoms with Gasteiger partial charge in [-0.2, -0.15) is 9.97 Å². The fourth-order valence-electron chi connectivity index (χ4n) is 1.45. The van der Waals surface area contributed by atoms with E-state index in [-0.39, 0.29) is 36.8 Å². The third-order valence-corrected chi connectivity index (χ3v) is 2.27. The number of anilines is 2. The van der Waals surface area contributed by atoms with Gasteiger partial charge in [-0.1, -0.05) is 0 Å². The van der Waals surface area contributed by atoms with Gasteiger partial charge < -0.3 is 32.6 Å². The van der Waals surface area contributed by atoms with Crippen LogP contribution in [0.5, 0.6) is 0 Å². The van der Waals surface area contributed by atoms with Crippen LogP contribution < -0.4 is 17.6 Å². The Labute approximate surface area is 108 Å². The van der Waals surface area contributed by atoms with Crippen LogP contribution in [0, 0.1) is 0 Å². The lowest BCUT2D eigenvalue weighted by Gasteiger charge is -2.13. The van der Waals surface area contributed by atoms with Gasteiger partial charge >= 0.3 is 0 Å². The van der Waals surface area contributed by atoms with E-state index >= 15 is 0 Å². The van der Waals surface area contributed by atoms with E-state index in [1.54, 1.807) is 0 Å². The summed E-state index contributed by atoms with van der Waals surface area (Å²) in [6.07, 6.45) is 0.483. The van der Waals surface area contributed by atoms with Crippen LogP contribution in [-0.4, -0.2) is 42.9 Å². The molecule has 1 atom stereocenters. The van der Waals surface area contributed by atoms with E-state index in [0.717, 1.165) is 0 Å². The standard InChI is InChI=1S/C9H14N6O3.H3N/c10-6-5-7(14-8(11)13-6)15(4-12-5)9(17)18-3-1-2-16;/h4,9,16-17H,1-3H2,(H4,10,11,13,14);1H3. The van der Waals surface area contributed by atoms with Crippen LogP contribution >= 0.6 is 0 Å². The highest BCUT2D eigenvalue weighted by molar-refractivity contribution is 5.82. The summed E-state index contributed by atoms with van der Waals surface area (Å²) in [6, 6.07) is 0. The highest BCUT2D eigenvalue weighted by Crippen LogP contribution is 2.20. The average molecular weight is 271 g/mol. The summed E-state index contributed by atoms with van der Waals surface area (Å²) in [5, 5.41) is 18.4. The van der Waals surface area contributed by atoms with Gasteiger partial charge in [0.15, 0.2) is 17.0 Å². The molecule has 0 bridgehead atoms. The Kier molecular flexibility index (Phi) is 4.94. The molecule has 9 N–H and O–H groups in total. The van der Waals surface area contributed by atoms with Gasteiger partial charge in [0.1, 0.15) is 6.33 Å². The first-order valence-electron chi connectivity index (χ1n) is 5.29. The Morgan fingerprint density at radius 3 is 2.79 bits per heavy atom. The van der Waals surface area contributed by atoms with Crippen LogP contribution in [-0.2, 0) is 4.74 Å². The number of fused-ring (bicyclic) bond motifs is 1. The smallest absolute Gasteiger partial charge is 0.244 e. The zero-order chi connectivity index (χ0) is 13.1. The lowest BCUT2D eigenvalue weighted by atomic mass is 10.5. The molecule has 0 amide bonds. The molecule has 0 radical (unpaired) electrons. The molecule has 10 nitrogen and oxygen atoms in total. The average Bonchev–Trinajstić information content (AvgIpc) is 2.73. The summed E-state index contributed by atoms with van der Waals surface area (Å²) in [5.74, 6) is 0.128. The quantitative estimate of drug-likeness (QED) is 0.336. The minimum atomic E-state index is -1.27. The van der Waals surface area contributed by atoms with Gasteiger partial charge in [0.2, 0.25) is 12.4 Å². The third-order valence-electron chi connectivity index (χ3n) is 2.27. The second kappa shape index (κ2) is 6.24. The second-order valence-electron chi connectivity index (χ2n) is 3.57. The molecule has 10 heteroatoms. The highest BCUT2D eigenvalue weighted by Gasteiger charge is 2.15. The molecule has 1 unspecified atom stereocenters. The SMILES string of the molecule is N.Nc1nc(N)c2ncn(C(O)OCCCO)c2n1. The van der Waals surface area contributed by atoms with Crippen LogP contribution in [0.2, 0.25) is 0 Å². The molecule has 0 aliphatic rings. The maximum absolute atomic E-state index is 9.79. The molecule has 0 saturated carbocycles. The summed E-state index contributed by atoms with van der Waals surface area (Å²) in [5.41, 5.74) is 11.7. The summed E-state index contributed by atoms with van der Waals surface area (Å²) in [6.45, 7) is 0.187. The van der Waals surface area contributed by atoms with Crippen molar-refractivity contribution in [3.05, 3.63) is 6.33 Å². The minimum Gasteiger partial charge on any atom is -0.396 e. The number of nitrogens with zero attached hydrogens (tertiary/aromatic N) is 4. The molecular weight excluding hydrogens is 254 g/mol. The Morgan fingerprint density at radius 2 is 2.11 bits per heavy atom. The van der Waals surface area contributed by atoms with Crippen molar-refractivity contribution in [1.29, 1.82) is 0 Å². The number of nitrogens with two attached hydrogens (primary N) is 2. The molecule has 0 fully saturated rings. The van der Waals surface area contributed by atoms with Crippen molar-refractivity contribution < 1.29 is 14.9 Å². The first kappa shape index (κ1) is 15.0. The molecule has 2 rings (SSSR count). The van der Waals surface area contributed by atoms with Crippen molar-refractivity contribution in [3.8, 4) is 0 Å². The number of nitrogen functional groups attached to an aromatic ring is 2. The van der Waals surface area contributed by atoms with Crippen molar-refractivity contribution in [2.75, 3.05) is 24.7 Å². The van der Waals surface area contributed by atoms with E-state index in [2.05, 4.69) is 15.0 Å². The predicted molar refractivity (Wildman–Crippen MR) is 68.1 cm³/mol. The number of hydrogen-bond donors (Lipinski definition) is 5. The normalized spacial score (nSPS) is 12.3. The van der Waals surface area contributed by atoms with E-state index in [1.807, 2.05) is 0 Å². The second-order valence-corrected chi connectivity index (χ2v) is 3.57. The van der Waals surface area contributed by atoms with Gasteiger partial charge in [-0.3, -0.25) is 4.57 Å².